The molecule has 36 heavy (non-hydrogen) atoms. The van der Waals surface area contributed by atoms with Crippen LogP contribution in [0.1, 0.15) is 33.6 Å². The van der Waals surface area contributed by atoms with E-state index < -0.39 is 0 Å². The van der Waals surface area contributed by atoms with Crippen molar-refractivity contribution < 1.29 is 14.3 Å². The Morgan fingerprint density at radius 3 is 2.58 bits per heavy atom. The monoisotopic (exact) mass is 513 g/mol. The molecule has 1 saturated heterocycles. The normalized spacial score (nSPS) is 17.8. The molecule has 1 aliphatic rings. The van der Waals surface area contributed by atoms with Crippen LogP contribution in [0.25, 0.3) is 10.9 Å². The minimum absolute atomic E-state index is 0.0863. The van der Waals surface area contributed by atoms with E-state index in [2.05, 4.69) is 29.0 Å². The van der Waals surface area contributed by atoms with E-state index in [1.807, 2.05) is 6.07 Å². The van der Waals surface area contributed by atoms with Gasteiger partial charge in [-0.15, -0.1) is 0 Å². The number of ether oxygens (including phenoxy) is 2. The number of halogens is 1. The van der Waals surface area contributed by atoms with Gasteiger partial charge in [-0.05, 0) is 30.4 Å². The van der Waals surface area contributed by atoms with E-state index in [4.69, 9.17) is 26.1 Å². The molecule has 0 amide bonds. The largest absolute Gasteiger partial charge is 0.494 e. The van der Waals surface area contributed by atoms with Crippen molar-refractivity contribution in [3.8, 4) is 11.5 Å². The molecule has 2 aromatic heterocycles. The van der Waals surface area contributed by atoms with Crippen molar-refractivity contribution in [3.63, 3.8) is 0 Å². The molecule has 0 saturated carbocycles. The summed E-state index contributed by atoms with van der Waals surface area (Å²) in [5, 5.41) is 4.37. The summed E-state index contributed by atoms with van der Waals surface area (Å²) >= 11 is 6.46. The van der Waals surface area contributed by atoms with Crippen LogP contribution in [0.2, 0.25) is 5.02 Å². The molecule has 1 fully saturated rings. The summed E-state index contributed by atoms with van der Waals surface area (Å²) in [4.78, 5) is 35.9. The van der Waals surface area contributed by atoms with Crippen molar-refractivity contribution in [2.24, 2.45) is 18.9 Å². The van der Waals surface area contributed by atoms with Gasteiger partial charge in [0.2, 0.25) is 5.95 Å². The van der Waals surface area contributed by atoms with Crippen molar-refractivity contribution in [1.82, 2.24) is 14.5 Å². The molecule has 0 radical (unpaired) electrons. The summed E-state index contributed by atoms with van der Waals surface area (Å²) < 4.78 is 12.6. The minimum Gasteiger partial charge on any atom is -0.494 e. The molecule has 192 valence electrons. The Kier molecular flexibility index (Phi) is 7.68. The van der Waals surface area contributed by atoms with Crippen molar-refractivity contribution >= 4 is 45.7 Å². The number of fused-ring (bicyclic) bond motifs is 1. The number of hydrogen-bond acceptors (Lipinski definition) is 8. The van der Waals surface area contributed by atoms with Gasteiger partial charge in [0.1, 0.15) is 17.4 Å². The lowest BCUT2D eigenvalue weighted by molar-refractivity contribution is -0.120. The number of carbonyl (C=O) groups excluding carboxylic acids is 1. The minimum atomic E-state index is -0.348. The van der Waals surface area contributed by atoms with Crippen LogP contribution < -0.4 is 25.2 Å². The summed E-state index contributed by atoms with van der Waals surface area (Å²) in [6.07, 6.45) is 3.13. The van der Waals surface area contributed by atoms with E-state index in [1.165, 1.54) is 11.0 Å². The van der Waals surface area contributed by atoms with Crippen LogP contribution in [-0.2, 0) is 11.8 Å². The van der Waals surface area contributed by atoms with Crippen molar-refractivity contribution in [2.45, 2.75) is 33.6 Å². The number of carbonyl (C=O) groups is 1. The van der Waals surface area contributed by atoms with Gasteiger partial charge in [0.05, 0.1) is 18.8 Å². The number of nitrogens with one attached hydrogen (secondary N) is 1. The van der Waals surface area contributed by atoms with Gasteiger partial charge in [0.15, 0.2) is 17.4 Å². The second-order valence-corrected chi connectivity index (χ2v) is 9.92. The number of aromatic nitrogens is 3. The van der Waals surface area contributed by atoms with Crippen molar-refractivity contribution in [1.29, 1.82) is 0 Å². The predicted octanol–water partition coefficient (Wildman–Crippen LogP) is 4.57. The molecule has 9 nitrogen and oxygen atoms in total. The number of ketones is 1. The SMILES string of the molecule is CCC(=O)COc1cc2cc(Nc3nc(N4CC(C)CC(C)C4)ncc3Cl)cc(OC)c2n(C)c1=O. The topological polar surface area (TPSA) is 98.6 Å². The highest BCUT2D eigenvalue weighted by atomic mass is 35.5. The maximum Gasteiger partial charge on any atom is 0.293 e. The smallest absolute Gasteiger partial charge is 0.293 e. The Bertz CT molecular complexity index is 1330. The van der Waals surface area contributed by atoms with Gasteiger partial charge in [-0.3, -0.25) is 9.59 Å². The van der Waals surface area contributed by atoms with Gasteiger partial charge in [-0.25, -0.2) is 4.98 Å². The van der Waals surface area contributed by atoms with E-state index in [-0.39, 0.29) is 23.7 Å². The second-order valence-electron chi connectivity index (χ2n) is 9.51. The van der Waals surface area contributed by atoms with Crippen LogP contribution in [0.15, 0.2) is 29.2 Å². The average molecular weight is 514 g/mol. The zero-order valence-electron chi connectivity index (χ0n) is 21.3. The number of anilines is 3. The maximum absolute atomic E-state index is 12.8. The summed E-state index contributed by atoms with van der Waals surface area (Å²) in [7, 11) is 3.19. The second kappa shape index (κ2) is 10.7. The number of Topliss-reactive ketones (excluding diaryl/α,β-unsaturated/α-hetero) is 1. The fourth-order valence-corrected chi connectivity index (χ4v) is 4.86. The molecule has 4 rings (SSSR count). The third-order valence-corrected chi connectivity index (χ3v) is 6.67. The first kappa shape index (κ1) is 25.8. The summed E-state index contributed by atoms with van der Waals surface area (Å²) in [5.74, 6) is 2.73. The Hall–Kier alpha value is -3.33. The molecule has 10 heteroatoms. The molecule has 2 unspecified atom stereocenters. The van der Waals surface area contributed by atoms with E-state index >= 15 is 0 Å². The molecular weight excluding hydrogens is 482 g/mol. The zero-order valence-corrected chi connectivity index (χ0v) is 22.1. The molecular formula is C26H32ClN5O4. The van der Waals surface area contributed by atoms with Crippen LogP contribution in [0.3, 0.4) is 0 Å². The van der Waals surface area contributed by atoms with Gasteiger partial charge < -0.3 is 24.3 Å². The Morgan fingerprint density at radius 2 is 1.92 bits per heavy atom. The Labute approximate surface area is 215 Å². The lowest BCUT2D eigenvalue weighted by atomic mass is 9.92. The third kappa shape index (κ3) is 5.41. The van der Waals surface area contributed by atoms with Crippen LogP contribution >= 0.6 is 11.6 Å². The number of rotatable bonds is 8. The van der Waals surface area contributed by atoms with Crippen LogP contribution in [-0.4, -0.2) is 47.1 Å². The van der Waals surface area contributed by atoms with E-state index in [1.54, 1.807) is 39.4 Å². The van der Waals surface area contributed by atoms with Gasteiger partial charge in [-0.1, -0.05) is 32.4 Å². The number of hydrogen-bond donors (Lipinski definition) is 1. The molecule has 0 spiro atoms. The standard InChI is InChI=1S/C26H32ClN5O4/c1-6-19(33)14-36-22-9-17-8-18(10-21(35-5)23(17)31(4)25(22)34)29-24-20(27)11-28-26(30-24)32-12-15(2)7-16(3)13-32/h8-11,15-16H,6-7,12-14H2,1-5H3,(H,28,29,30). The van der Waals surface area contributed by atoms with Crippen molar-refractivity contribution in [2.75, 3.05) is 37.0 Å². The van der Waals surface area contributed by atoms with Gasteiger partial charge in [0.25, 0.3) is 5.56 Å². The quantitative estimate of drug-likeness (QED) is 0.467. The number of pyridine rings is 1. The molecule has 0 bridgehead atoms. The number of methoxy groups -OCH3 is 1. The number of piperidine rings is 1. The number of benzene rings is 1. The highest BCUT2D eigenvalue weighted by Crippen LogP contribution is 2.34. The van der Waals surface area contributed by atoms with E-state index in [0.717, 1.165) is 13.1 Å². The Balaban J connectivity index is 1.70. The van der Waals surface area contributed by atoms with Gasteiger partial charge in [-0.2, -0.15) is 4.98 Å². The van der Waals surface area contributed by atoms with Crippen molar-refractivity contribution in [3.05, 3.63) is 39.8 Å². The zero-order chi connectivity index (χ0) is 26.0. The Morgan fingerprint density at radius 1 is 1.19 bits per heavy atom. The molecule has 0 aliphatic carbocycles. The molecule has 2 atom stereocenters. The predicted molar refractivity (Wildman–Crippen MR) is 142 cm³/mol. The van der Waals surface area contributed by atoms with Crippen LogP contribution in [0.5, 0.6) is 11.5 Å². The van der Waals surface area contributed by atoms with Crippen LogP contribution in [0.4, 0.5) is 17.5 Å². The summed E-state index contributed by atoms with van der Waals surface area (Å²) in [6.45, 7) is 7.87. The molecule has 3 heterocycles. The maximum atomic E-state index is 12.8. The van der Waals surface area contributed by atoms with E-state index in [0.29, 0.717) is 57.4 Å². The summed E-state index contributed by atoms with van der Waals surface area (Å²) in [5.41, 5.74) is 0.924. The third-order valence-electron chi connectivity index (χ3n) is 6.39. The molecule has 1 aromatic carbocycles. The fraction of sp³-hybridized carbons (Fsp3) is 0.462. The fourth-order valence-electron chi connectivity index (χ4n) is 4.72. The van der Waals surface area contributed by atoms with Gasteiger partial charge >= 0.3 is 0 Å². The number of aryl methyl sites for hydroxylation is 1. The first-order chi connectivity index (χ1) is 17.2. The molecule has 1 N–H and O–H groups in total. The highest BCUT2D eigenvalue weighted by molar-refractivity contribution is 6.32. The first-order valence-electron chi connectivity index (χ1n) is 12.1. The van der Waals surface area contributed by atoms with Gasteiger partial charge in [0, 0.05) is 43.7 Å². The summed E-state index contributed by atoms with van der Waals surface area (Å²) in [6, 6.07) is 5.26. The molecule has 3 aromatic rings. The molecule has 1 aliphatic heterocycles. The first-order valence-corrected chi connectivity index (χ1v) is 12.5. The number of nitrogens with zero attached hydrogens (tertiary/aromatic N) is 4. The highest BCUT2D eigenvalue weighted by Gasteiger charge is 2.24. The lowest BCUT2D eigenvalue weighted by Crippen LogP contribution is -2.39. The lowest BCUT2D eigenvalue weighted by Gasteiger charge is -2.35. The van der Waals surface area contributed by atoms with Crippen LogP contribution in [0, 0.1) is 11.8 Å². The average Bonchev–Trinajstić information content (AvgIpc) is 2.85. The van der Waals surface area contributed by atoms with E-state index in [9.17, 15) is 9.59 Å².